The Balaban J connectivity index is 1.50. The van der Waals surface area contributed by atoms with E-state index in [4.69, 9.17) is 0 Å². The maximum Gasteiger partial charge on any atom is 0.254 e. The standard InChI is InChI=1S/C17H15F2N3O2/c18-14-5-4-11(7-15(14)19)17(24)22-9-12(10-22)16(23)21-8-13-3-1-2-6-20-13/h1-7,12H,8-10H2,(H,21,23). The summed E-state index contributed by atoms with van der Waals surface area (Å²) < 4.78 is 26.1. The first kappa shape index (κ1) is 16.0. The molecule has 1 aromatic carbocycles. The number of rotatable bonds is 4. The Hall–Kier alpha value is -2.83. The molecule has 0 spiro atoms. The third-order valence-electron chi connectivity index (χ3n) is 3.88. The predicted molar refractivity (Wildman–Crippen MR) is 81.8 cm³/mol. The summed E-state index contributed by atoms with van der Waals surface area (Å²) in [6, 6.07) is 8.44. The van der Waals surface area contributed by atoms with E-state index in [0.29, 0.717) is 6.54 Å². The highest BCUT2D eigenvalue weighted by Crippen LogP contribution is 2.20. The van der Waals surface area contributed by atoms with Crippen LogP contribution in [0.25, 0.3) is 0 Å². The predicted octanol–water partition coefficient (Wildman–Crippen LogP) is 1.75. The zero-order valence-electron chi connectivity index (χ0n) is 12.7. The SMILES string of the molecule is O=C(NCc1ccccn1)C1CN(C(=O)c2ccc(F)c(F)c2)C1. The number of hydrogen-bond acceptors (Lipinski definition) is 3. The zero-order valence-corrected chi connectivity index (χ0v) is 12.7. The van der Waals surface area contributed by atoms with Crippen molar-refractivity contribution in [2.45, 2.75) is 6.54 Å². The lowest BCUT2D eigenvalue weighted by Gasteiger charge is -2.38. The molecule has 0 bridgehead atoms. The maximum atomic E-state index is 13.2. The Morgan fingerprint density at radius 2 is 1.96 bits per heavy atom. The molecule has 1 aliphatic heterocycles. The van der Waals surface area contributed by atoms with Crippen LogP contribution < -0.4 is 5.32 Å². The monoisotopic (exact) mass is 331 g/mol. The first-order valence-electron chi connectivity index (χ1n) is 7.46. The highest BCUT2D eigenvalue weighted by molar-refractivity contribution is 5.96. The molecule has 0 radical (unpaired) electrons. The molecule has 0 unspecified atom stereocenters. The van der Waals surface area contributed by atoms with Crippen molar-refractivity contribution in [3.8, 4) is 0 Å². The number of carbonyl (C=O) groups excluding carboxylic acids is 2. The van der Waals surface area contributed by atoms with Gasteiger partial charge >= 0.3 is 0 Å². The lowest BCUT2D eigenvalue weighted by atomic mass is 9.97. The third kappa shape index (κ3) is 3.40. The number of hydrogen-bond donors (Lipinski definition) is 1. The Bertz CT molecular complexity index is 762. The van der Waals surface area contributed by atoms with Crippen LogP contribution in [0.3, 0.4) is 0 Å². The van der Waals surface area contributed by atoms with E-state index in [-0.39, 0.29) is 30.5 Å². The average Bonchev–Trinajstić information content (AvgIpc) is 2.55. The van der Waals surface area contributed by atoms with Gasteiger partial charge in [-0.3, -0.25) is 14.6 Å². The normalized spacial score (nSPS) is 14.2. The number of nitrogens with one attached hydrogen (secondary N) is 1. The van der Waals surface area contributed by atoms with Gasteiger partial charge in [0, 0.05) is 24.8 Å². The van der Waals surface area contributed by atoms with Gasteiger partial charge in [0.2, 0.25) is 5.91 Å². The molecule has 7 heteroatoms. The summed E-state index contributed by atoms with van der Waals surface area (Å²) in [6.45, 7) is 0.838. The van der Waals surface area contributed by atoms with Crippen LogP contribution in [0, 0.1) is 17.6 Å². The molecule has 1 N–H and O–H groups in total. The Labute approximate surface area is 137 Å². The van der Waals surface area contributed by atoms with E-state index < -0.39 is 17.5 Å². The molecule has 5 nitrogen and oxygen atoms in total. The number of pyridine rings is 1. The molecule has 2 aromatic rings. The van der Waals surface area contributed by atoms with Gasteiger partial charge in [0.15, 0.2) is 11.6 Å². The van der Waals surface area contributed by atoms with Crippen molar-refractivity contribution in [2.75, 3.05) is 13.1 Å². The van der Waals surface area contributed by atoms with E-state index in [1.807, 2.05) is 6.07 Å². The van der Waals surface area contributed by atoms with Gasteiger partial charge in [-0.2, -0.15) is 0 Å². The number of amides is 2. The molecule has 124 valence electrons. The second-order valence-electron chi connectivity index (χ2n) is 5.57. The zero-order chi connectivity index (χ0) is 17.1. The number of carbonyl (C=O) groups is 2. The fourth-order valence-electron chi connectivity index (χ4n) is 2.45. The highest BCUT2D eigenvalue weighted by atomic mass is 19.2. The van der Waals surface area contributed by atoms with Crippen LogP contribution in [0.2, 0.25) is 0 Å². The van der Waals surface area contributed by atoms with E-state index >= 15 is 0 Å². The number of halogens is 2. The largest absolute Gasteiger partial charge is 0.350 e. The van der Waals surface area contributed by atoms with Crippen molar-refractivity contribution in [2.24, 2.45) is 5.92 Å². The number of nitrogens with zero attached hydrogens (tertiary/aromatic N) is 2. The van der Waals surface area contributed by atoms with Gasteiger partial charge in [-0.05, 0) is 30.3 Å². The molecular weight excluding hydrogens is 316 g/mol. The van der Waals surface area contributed by atoms with E-state index in [1.165, 1.54) is 11.0 Å². The smallest absolute Gasteiger partial charge is 0.254 e. The summed E-state index contributed by atoms with van der Waals surface area (Å²) in [5.74, 6) is -2.94. The van der Waals surface area contributed by atoms with Crippen molar-refractivity contribution in [1.82, 2.24) is 15.2 Å². The first-order chi connectivity index (χ1) is 11.5. The maximum absolute atomic E-state index is 13.2. The minimum Gasteiger partial charge on any atom is -0.350 e. The van der Waals surface area contributed by atoms with Crippen LogP contribution in [-0.2, 0) is 11.3 Å². The van der Waals surface area contributed by atoms with Crippen molar-refractivity contribution in [1.29, 1.82) is 0 Å². The second-order valence-corrected chi connectivity index (χ2v) is 5.57. The molecule has 1 aromatic heterocycles. The molecule has 0 saturated carbocycles. The Kier molecular flexibility index (Phi) is 4.50. The molecule has 1 aliphatic rings. The van der Waals surface area contributed by atoms with Gasteiger partial charge in [0.05, 0.1) is 18.2 Å². The lowest BCUT2D eigenvalue weighted by Crippen LogP contribution is -2.55. The van der Waals surface area contributed by atoms with Crippen molar-refractivity contribution in [3.63, 3.8) is 0 Å². The van der Waals surface area contributed by atoms with Gasteiger partial charge in [-0.15, -0.1) is 0 Å². The van der Waals surface area contributed by atoms with Crippen molar-refractivity contribution >= 4 is 11.8 Å². The summed E-state index contributed by atoms with van der Waals surface area (Å²) in [5, 5.41) is 2.77. The van der Waals surface area contributed by atoms with E-state index in [2.05, 4.69) is 10.3 Å². The van der Waals surface area contributed by atoms with Crippen LogP contribution in [0.5, 0.6) is 0 Å². The Morgan fingerprint density at radius 3 is 2.62 bits per heavy atom. The fraction of sp³-hybridized carbons (Fsp3) is 0.235. The summed E-state index contributed by atoms with van der Waals surface area (Å²) in [4.78, 5) is 29.7. The molecule has 2 heterocycles. The molecule has 1 fully saturated rings. The van der Waals surface area contributed by atoms with E-state index in [0.717, 1.165) is 17.8 Å². The summed E-state index contributed by atoms with van der Waals surface area (Å²) in [7, 11) is 0. The molecule has 24 heavy (non-hydrogen) atoms. The topological polar surface area (TPSA) is 62.3 Å². The van der Waals surface area contributed by atoms with Gasteiger partial charge in [-0.25, -0.2) is 8.78 Å². The van der Waals surface area contributed by atoms with Crippen LogP contribution >= 0.6 is 0 Å². The first-order valence-corrected chi connectivity index (χ1v) is 7.46. The lowest BCUT2D eigenvalue weighted by molar-refractivity contribution is -0.129. The highest BCUT2D eigenvalue weighted by Gasteiger charge is 2.36. The van der Waals surface area contributed by atoms with Gasteiger partial charge in [0.1, 0.15) is 0 Å². The number of benzene rings is 1. The molecule has 3 rings (SSSR count). The molecule has 0 aliphatic carbocycles. The van der Waals surface area contributed by atoms with Crippen LogP contribution in [-0.4, -0.2) is 34.8 Å². The molecule has 2 amide bonds. The Morgan fingerprint density at radius 1 is 1.17 bits per heavy atom. The minimum absolute atomic E-state index is 0.0706. The third-order valence-corrected chi connectivity index (χ3v) is 3.88. The van der Waals surface area contributed by atoms with Gasteiger partial charge in [-0.1, -0.05) is 6.07 Å². The molecule has 1 saturated heterocycles. The van der Waals surface area contributed by atoms with Crippen molar-refractivity contribution < 1.29 is 18.4 Å². The number of aromatic nitrogens is 1. The van der Waals surface area contributed by atoms with E-state index in [9.17, 15) is 18.4 Å². The average molecular weight is 331 g/mol. The van der Waals surface area contributed by atoms with Crippen molar-refractivity contribution in [3.05, 3.63) is 65.5 Å². The van der Waals surface area contributed by atoms with Crippen LogP contribution in [0.15, 0.2) is 42.6 Å². The minimum atomic E-state index is -1.06. The second kappa shape index (κ2) is 6.74. The summed E-state index contributed by atoms with van der Waals surface area (Å²) >= 11 is 0. The summed E-state index contributed by atoms with van der Waals surface area (Å²) in [5.41, 5.74) is 0.820. The quantitative estimate of drug-likeness (QED) is 0.928. The van der Waals surface area contributed by atoms with Gasteiger partial charge in [0.25, 0.3) is 5.91 Å². The number of likely N-dealkylation sites (tertiary alicyclic amines) is 1. The van der Waals surface area contributed by atoms with E-state index in [1.54, 1.807) is 18.3 Å². The van der Waals surface area contributed by atoms with Crippen LogP contribution in [0.1, 0.15) is 16.1 Å². The van der Waals surface area contributed by atoms with Crippen LogP contribution in [0.4, 0.5) is 8.78 Å². The molecule has 0 atom stereocenters. The molecular formula is C17H15F2N3O2. The van der Waals surface area contributed by atoms with Gasteiger partial charge < -0.3 is 10.2 Å². The summed E-state index contributed by atoms with van der Waals surface area (Å²) in [6.07, 6.45) is 1.65. The fourth-order valence-corrected chi connectivity index (χ4v) is 2.45.